The fraction of sp³-hybridized carbons (Fsp3) is 0.0714. The summed E-state index contributed by atoms with van der Waals surface area (Å²) in [5.74, 6) is -0.245. The van der Waals surface area contributed by atoms with Gasteiger partial charge in [-0.25, -0.2) is 4.98 Å². The Morgan fingerprint density at radius 1 is 1.05 bits per heavy atom. The standard InChI is InChI=1S/C14H11BrN2O2/c1-9(18)10-2-5-12(6-3-10)17-14(19)11-4-7-13(15)16-8-11/h2-8H,1H3,(H,17,19). The molecule has 19 heavy (non-hydrogen) atoms. The Hall–Kier alpha value is -2.01. The van der Waals surface area contributed by atoms with E-state index in [2.05, 4.69) is 26.2 Å². The third-order valence-corrected chi connectivity index (χ3v) is 3.01. The van der Waals surface area contributed by atoms with Gasteiger partial charge in [0.1, 0.15) is 4.60 Å². The van der Waals surface area contributed by atoms with Gasteiger partial charge in [-0.1, -0.05) is 0 Å². The summed E-state index contributed by atoms with van der Waals surface area (Å²) in [5, 5.41) is 2.74. The minimum Gasteiger partial charge on any atom is -0.322 e. The van der Waals surface area contributed by atoms with Crippen LogP contribution in [0.25, 0.3) is 0 Å². The maximum Gasteiger partial charge on any atom is 0.257 e. The first-order chi connectivity index (χ1) is 9.06. The lowest BCUT2D eigenvalue weighted by molar-refractivity contribution is 0.101. The minimum absolute atomic E-state index is 0.00464. The van der Waals surface area contributed by atoms with Crippen molar-refractivity contribution in [2.45, 2.75) is 6.92 Å². The third kappa shape index (κ3) is 3.48. The Labute approximate surface area is 119 Å². The first-order valence-electron chi connectivity index (χ1n) is 5.60. The van der Waals surface area contributed by atoms with Crippen LogP contribution in [0.3, 0.4) is 0 Å². The van der Waals surface area contributed by atoms with Crippen molar-refractivity contribution in [2.75, 3.05) is 5.32 Å². The Kier molecular flexibility index (Phi) is 4.06. The molecule has 0 unspecified atom stereocenters. The van der Waals surface area contributed by atoms with Crippen molar-refractivity contribution in [2.24, 2.45) is 0 Å². The van der Waals surface area contributed by atoms with E-state index in [4.69, 9.17) is 0 Å². The second-order valence-corrected chi connectivity index (χ2v) is 4.77. The molecule has 0 spiro atoms. The topological polar surface area (TPSA) is 59.1 Å². The molecule has 96 valence electrons. The SMILES string of the molecule is CC(=O)c1ccc(NC(=O)c2ccc(Br)nc2)cc1. The fourth-order valence-electron chi connectivity index (χ4n) is 1.50. The summed E-state index contributed by atoms with van der Waals surface area (Å²) >= 11 is 3.21. The first kappa shape index (κ1) is 13.4. The summed E-state index contributed by atoms with van der Waals surface area (Å²) in [5.41, 5.74) is 1.72. The monoisotopic (exact) mass is 318 g/mol. The number of aromatic nitrogens is 1. The summed E-state index contributed by atoms with van der Waals surface area (Å²) < 4.78 is 0.676. The molecule has 2 aromatic rings. The molecule has 2 rings (SSSR count). The quantitative estimate of drug-likeness (QED) is 0.697. The highest BCUT2D eigenvalue weighted by molar-refractivity contribution is 9.10. The van der Waals surface area contributed by atoms with E-state index in [1.807, 2.05) is 0 Å². The average Bonchev–Trinajstić information content (AvgIpc) is 2.40. The molecule has 0 aliphatic heterocycles. The highest BCUT2D eigenvalue weighted by Gasteiger charge is 2.06. The summed E-state index contributed by atoms with van der Waals surface area (Å²) in [7, 11) is 0. The fourth-order valence-corrected chi connectivity index (χ4v) is 1.74. The van der Waals surface area contributed by atoms with Gasteiger partial charge in [-0.05, 0) is 59.3 Å². The van der Waals surface area contributed by atoms with E-state index in [9.17, 15) is 9.59 Å². The molecule has 1 aromatic heterocycles. The van der Waals surface area contributed by atoms with Crippen LogP contribution >= 0.6 is 15.9 Å². The second-order valence-electron chi connectivity index (χ2n) is 3.96. The molecule has 0 saturated heterocycles. The molecule has 0 fully saturated rings. The van der Waals surface area contributed by atoms with Gasteiger partial charge < -0.3 is 5.32 Å². The lowest BCUT2D eigenvalue weighted by atomic mass is 10.1. The van der Waals surface area contributed by atoms with Gasteiger partial charge in [-0.2, -0.15) is 0 Å². The van der Waals surface area contributed by atoms with Gasteiger partial charge in [-0.3, -0.25) is 9.59 Å². The zero-order valence-corrected chi connectivity index (χ0v) is 11.8. The van der Waals surface area contributed by atoms with Gasteiger partial charge in [0.05, 0.1) is 5.56 Å². The van der Waals surface area contributed by atoms with Crippen LogP contribution in [-0.2, 0) is 0 Å². The van der Waals surface area contributed by atoms with E-state index in [1.165, 1.54) is 13.1 Å². The highest BCUT2D eigenvalue weighted by Crippen LogP contribution is 2.12. The number of halogens is 1. The number of hydrogen-bond acceptors (Lipinski definition) is 3. The number of carbonyl (C=O) groups excluding carboxylic acids is 2. The smallest absolute Gasteiger partial charge is 0.257 e. The number of rotatable bonds is 3. The molecule has 0 aliphatic carbocycles. The third-order valence-electron chi connectivity index (χ3n) is 2.54. The Balaban J connectivity index is 2.10. The summed E-state index contributed by atoms with van der Waals surface area (Å²) in [6.07, 6.45) is 1.49. The first-order valence-corrected chi connectivity index (χ1v) is 6.39. The number of nitrogens with one attached hydrogen (secondary N) is 1. The van der Waals surface area contributed by atoms with E-state index in [0.29, 0.717) is 21.4 Å². The lowest BCUT2D eigenvalue weighted by Crippen LogP contribution is -2.12. The molecule has 1 aromatic carbocycles. The Bertz CT molecular complexity index is 606. The number of pyridine rings is 1. The van der Waals surface area contributed by atoms with Crippen LogP contribution < -0.4 is 5.32 Å². The molecular weight excluding hydrogens is 308 g/mol. The van der Waals surface area contributed by atoms with Crippen LogP contribution in [0.5, 0.6) is 0 Å². The summed E-state index contributed by atoms with van der Waals surface area (Å²) in [6.45, 7) is 1.50. The molecule has 1 amide bonds. The molecule has 0 bridgehead atoms. The molecule has 0 aliphatic rings. The second kappa shape index (κ2) is 5.75. The van der Waals surface area contributed by atoms with Crippen LogP contribution in [0, 0.1) is 0 Å². The zero-order valence-electron chi connectivity index (χ0n) is 10.2. The lowest BCUT2D eigenvalue weighted by Gasteiger charge is -2.05. The van der Waals surface area contributed by atoms with Crippen molar-refractivity contribution in [3.05, 3.63) is 58.3 Å². The van der Waals surface area contributed by atoms with Crippen LogP contribution in [0.2, 0.25) is 0 Å². The Morgan fingerprint density at radius 3 is 2.21 bits per heavy atom. The number of anilines is 1. The average molecular weight is 319 g/mol. The van der Waals surface area contributed by atoms with Gasteiger partial charge in [0, 0.05) is 17.4 Å². The molecule has 0 saturated carbocycles. The molecule has 4 nitrogen and oxygen atoms in total. The predicted octanol–water partition coefficient (Wildman–Crippen LogP) is 3.30. The number of Topliss-reactive ketones (excluding diaryl/α,β-unsaturated/α-hetero) is 1. The van der Waals surface area contributed by atoms with E-state index in [0.717, 1.165) is 0 Å². The van der Waals surface area contributed by atoms with Crippen LogP contribution in [-0.4, -0.2) is 16.7 Å². The van der Waals surface area contributed by atoms with Crippen molar-refractivity contribution < 1.29 is 9.59 Å². The predicted molar refractivity (Wildman–Crippen MR) is 76.3 cm³/mol. The maximum atomic E-state index is 11.9. The number of hydrogen-bond donors (Lipinski definition) is 1. The molecule has 5 heteroatoms. The van der Waals surface area contributed by atoms with E-state index < -0.39 is 0 Å². The van der Waals surface area contributed by atoms with Gasteiger partial charge in [-0.15, -0.1) is 0 Å². The molecule has 1 heterocycles. The van der Waals surface area contributed by atoms with Crippen LogP contribution in [0.1, 0.15) is 27.6 Å². The van der Waals surface area contributed by atoms with E-state index >= 15 is 0 Å². The number of carbonyl (C=O) groups is 2. The van der Waals surface area contributed by atoms with Crippen molar-refractivity contribution >= 4 is 33.3 Å². The number of nitrogens with zero attached hydrogens (tertiary/aromatic N) is 1. The van der Waals surface area contributed by atoms with Crippen molar-refractivity contribution in [1.82, 2.24) is 4.98 Å². The van der Waals surface area contributed by atoms with E-state index in [1.54, 1.807) is 36.4 Å². The number of amides is 1. The highest BCUT2D eigenvalue weighted by atomic mass is 79.9. The normalized spacial score (nSPS) is 10.0. The van der Waals surface area contributed by atoms with Gasteiger partial charge >= 0.3 is 0 Å². The minimum atomic E-state index is -0.240. The number of benzene rings is 1. The Morgan fingerprint density at radius 2 is 1.68 bits per heavy atom. The largest absolute Gasteiger partial charge is 0.322 e. The molecule has 0 radical (unpaired) electrons. The maximum absolute atomic E-state index is 11.9. The molecular formula is C14H11BrN2O2. The summed E-state index contributed by atoms with van der Waals surface area (Å²) in [4.78, 5) is 27.0. The van der Waals surface area contributed by atoms with Gasteiger partial charge in [0.25, 0.3) is 5.91 Å². The van der Waals surface area contributed by atoms with Crippen molar-refractivity contribution in [3.8, 4) is 0 Å². The van der Waals surface area contributed by atoms with Crippen LogP contribution in [0.4, 0.5) is 5.69 Å². The molecule has 0 atom stereocenters. The van der Waals surface area contributed by atoms with Crippen molar-refractivity contribution in [3.63, 3.8) is 0 Å². The molecule has 1 N–H and O–H groups in total. The van der Waals surface area contributed by atoms with Crippen LogP contribution in [0.15, 0.2) is 47.2 Å². The van der Waals surface area contributed by atoms with Crippen molar-refractivity contribution in [1.29, 1.82) is 0 Å². The van der Waals surface area contributed by atoms with Gasteiger partial charge in [0.2, 0.25) is 0 Å². The van der Waals surface area contributed by atoms with E-state index in [-0.39, 0.29) is 11.7 Å². The van der Waals surface area contributed by atoms with Gasteiger partial charge in [0.15, 0.2) is 5.78 Å². The number of ketones is 1. The zero-order chi connectivity index (χ0) is 13.8. The summed E-state index contributed by atoms with van der Waals surface area (Å²) in [6, 6.07) is 10.1.